The van der Waals surface area contributed by atoms with E-state index in [2.05, 4.69) is 32.7 Å². The molecule has 6 nitrogen and oxygen atoms in total. The second-order valence-electron chi connectivity index (χ2n) is 7.80. The predicted octanol–water partition coefficient (Wildman–Crippen LogP) is 2.44. The first-order valence-electron chi connectivity index (χ1n) is 10.7. The quantitative estimate of drug-likeness (QED) is 0.555. The summed E-state index contributed by atoms with van der Waals surface area (Å²) < 4.78 is 11.0. The average Bonchev–Trinajstić information content (AvgIpc) is 2.77. The third kappa shape index (κ3) is 5.39. The number of hydrogen-bond acceptors (Lipinski definition) is 4. The molecule has 1 aromatic carbocycles. The SMILES string of the molecule is CN=C(NCCc1ccccc1OC)NCC1(N2CCOCC2)CCCCC1. The van der Waals surface area contributed by atoms with Crippen LogP contribution in [0.5, 0.6) is 5.75 Å². The van der Waals surface area contributed by atoms with Crippen LogP contribution in [0, 0.1) is 0 Å². The van der Waals surface area contributed by atoms with Gasteiger partial charge in [-0.2, -0.15) is 0 Å². The van der Waals surface area contributed by atoms with Crippen molar-refractivity contribution in [2.45, 2.75) is 44.1 Å². The summed E-state index contributed by atoms with van der Waals surface area (Å²) >= 11 is 0. The van der Waals surface area contributed by atoms with Crippen molar-refractivity contribution in [3.05, 3.63) is 29.8 Å². The number of hydrogen-bond donors (Lipinski definition) is 2. The van der Waals surface area contributed by atoms with Gasteiger partial charge in [0.05, 0.1) is 20.3 Å². The molecule has 0 atom stereocenters. The Bertz CT molecular complexity index is 623. The molecule has 2 N–H and O–H groups in total. The van der Waals surface area contributed by atoms with E-state index in [1.54, 1.807) is 7.11 Å². The summed E-state index contributed by atoms with van der Waals surface area (Å²) in [4.78, 5) is 7.10. The molecule has 3 rings (SSSR count). The molecule has 0 bridgehead atoms. The summed E-state index contributed by atoms with van der Waals surface area (Å²) in [5.74, 6) is 1.83. The van der Waals surface area contributed by atoms with Crippen LogP contribution in [-0.4, -0.2) is 69.9 Å². The van der Waals surface area contributed by atoms with E-state index in [0.29, 0.717) is 0 Å². The summed E-state index contributed by atoms with van der Waals surface area (Å²) in [6.07, 6.45) is 7.42. The van der Waals surface area contributed by atoms with E-state index >= 15 is 0 Å². The average molecular weight is 389 g/mol. The standard InChI is InChI=1S/C22H36N4O2/c1-23-21(24-13-10-19-8-4-5-9-20(19)27-2)25-18-22(11-6-3-7-12-22)26-14-16-28-17-15-26/h4-5,8-9H,3,6-7,10-18H2,1-2H3,(H2,23,24,25). The largest absolute Gasteiger partial charge is 0.496 e. The summed E-state index contributed by atoms with van der Waals surface area (Å²) in [6.45, 7) is 5.57. The molecule has 1 aliphatic heterocycles. The van der Waals surface area contributed by atoms with E-state index < -0.39 is 0 Å². The normalized spacial score (nSPS) is 20.6. The number of methoxy groups -OCH3 is 1. The fraction of sp³-hybridized carbons (Fsp3) is 0.682. The minimum atomic E-state index is 0.238. The van der Waals surface area contributed by atoms with E-state index in [4.69, 9.17) is 9.47 Å². The molecule has 28 heavy (non-hydrogen) atoms. The molecule has 0 radical (unpaired) electrons. The van der Waals surface area contributed by atoms with Crippen LogP contribution >= 0.6 is 0 Å². The number of nitrogens with one attached hydrogen (secondary N) is 2. The van der Waals surface area contributed by atoms with Gasteiger partial charge in [-0.05, 0) is 30.9 Å². The molecule has 0 aromatic heterocycles. The second-order valence-corrected chi connectivity index (χ2v) is 7.80. The van der Waals surface area contributed by atoms with E-state index in [0.717, 1.165) is 57.5 Å². The molecule has 2 fully saturated rings. The lowest BCUT2D eigenvalue weighted by atomic mass is 9.80. The minimum absolute atomic E-state index is 0.238. The Morgan fingerprint density at radius 2 is 1.89 bits per heavy atom. The van der Waals surface area contributed by atoms with Crippen molar-refractivity contribution in [1.29, 1.82) is 0 Å². The van der Waals surface area contributed by atoms with Crippen LogP contribution in [-0.2, 0) is 11.2 Å². The van der Waals surface area contributed by atoms with Crippen LogP contribution in [0.25, 0.3) is 0 Å². The highest BCUT2D eigenvalue weighted by Gasteiger charge is 2.38. The van der Waals surface area contributed by atoms with Gasteiger partial charge in [0.1, 0.15) is 5.75 Å². The Morgan fingerprint density at radius 3 is 2.61 bits per heavy atom. The predicted molar refractivity (Wildman–Crippen MR) is 114 cm³/mol. The summed E-state index contributed by atoms with van der Waals surface area (Å²) in [6, 6.07) is 8.19. The monoisotopic (exact) mass is 388 g/mol. The summed E-state index contributed by atoms with van der Waals surface area (Å²) in [5.41, 5.74) is 1.45. The van der Waals surface area contributed by atoms with Crippen LogP contribution in [0.4, 0.5) is 0 Å². The molecular formula is C22H36N4O2. The van der Waals surface area contributed by atoms with E-state index in [9.17, 15) is 0 Å². The van der Waals surface area contributed by atoms with Gasteiger partial charge < -0.3 is 20.1 Å². The Labute approximate surface area is 169 Å². The molecule has 1 saturated heterocycles. The molecule has 0 amide bonds. The van der Waals surface area contributed by atoms with Crippen molar-refractivity contribution in [1.82, 2.24) is 15.5 Å². The van der Waals surface area contributed by atoms with Crippen molar-refractivity contribution >= 4 is 5.96 Å². The molecule has 1 aliphatic carbocycles. The first-order valence-corrected chi connectivity index (χ1v) is 10.7. The van der Waals surface area contributed by atoms with Gasteiger partial charge in [-0.25, -0.2) is 0 Å². The fourth-order valence-electron chi connectivity index (χ4n) is 4.55. The topological polar surface area (TPSA) is 58.1 Å². The second kappa shape index (κ2) is 10.7. The third-order valence-electron chi connectivity index (χ3n) is 6.15. The molecular weight excluding hydrogens is 352 g/mol. The molecule has 1 aromatic rings. The number of ether oxygens (including phenoxy) is 2. The molecule has 0 spiro atoms. The van der Waals surface area contributed by atoms with E-state index in [1.807, 2.05) is 19.2 Å². The number of rotatable bonds is 7. The van der Waals surface area contributed by atoms with Crippen LogP contribution in [0.1, 0.15) is 37.7 Å². The first kappa shape index (κ1) is 20.9. The summed E-state index contributed by atoms with van der Waals surface area (Å²) in [5, 5.41) is 7.09. The maximum atomic E-state index is 5.59. The van der Waals surface area contributed by atoms with Gasteiger partial charge in [0, 0.05) is 38.8 Å². The van der Waals surface area contributed by atoms with Gasteiger partial charge in [-0.1, -0.05) is 37.5 Å². The molecule has 6 heteroatoms. The van der Waals surface area contributed by atoms with Crippen molar-refractivity contribution in [3.63, 3.8) is 0 Å². The maximum absolute atomic E-state index is 5.59. The van der Waals surface area contributed by atoms with Gasteiger partial charge >= 0.3 is 0 Å². The zero-order valence-electron chi connectivity index (χ0n) is 17.5. The molecule has 1 heterocycles. The van der Waals surface area contributed by atoms with Gasteiger partial charge in [0.2, 0.25) is 0 Å². The van der Waals surface area contributed by atoms with E-state index in [1.165, 1.54) is 37.7 Å². The van der Waals surface area contributed by atoms with Crippen LogP contribution in [0.15, 0.2) is 29.3 Å². The lowest BCUT2D eigenvalue weighted by molar-refractivity contribution is -0.0352. The van der Waals surface area contributed by atoms with Crippen LogP contribution in [0.3, 0.4) is 0 Å². The Balaban J connectivity index is 1.53. The maximum Gasteiger partial charge on any atom is 0.191 e. The number of guanidine groups is 1. The summed E-state index contributed by atoms with van der Waals surface area (Å²) in [7, 11) is 3.57. The van der Waals surface area contributed by atoms with Crippen molar-refractivity contribution in [3.8, 4) is 5.75 Å². The zero-order valence-corrected chi connectivity index (χ0v) is 17.5. The number of benzene rings is 1. The molecule has 1 saturated carbocycles. The van der Waals surface area contributed by atoms with Crippen LogP contribution in [0.2, 0.25) is 0 Å². The van der Waals surface area contributed by atoms with Crippen molar-refractivity contribution in [2.24, 2.45) is 4.99 Å². The molecule has 156 valence electrons. The zero-order chi connectivity index (χ0) is 19.7. The minimum Gasteiger partial charge on any atom is -0.496 e. The Kier molecular flexibility index (Phi) is 7.98. The van der Waals surface area contributed by atoms with E-state index in [-0.39, 0.29) is 5.54 Å². The Hall–Kier alpha value is -1.79. The molecule has 0 unspecified atom stereocenters. The smallest absolute Gasteiger partial charge is 0.191 e. The highest BCUT2D eigenvalue weighted by atomic mass is 16.5. The van der Waals surface area contributed by atoms with Crippen molar-refractivity contribution in [2.75, 3.05) is 53.6 Å². The number of para-hydroxylation sites is 1. The van der Waals surface area contributed by atoms with Crippen molar-refractivity contribution < 1.29 is 9.47 Å². The highest BCUT2D eigenvalue weighted by Crippen LogP contribution is 2.33. The number of morpholine rings is 1. The first-order chi connectivity index (χ1) is 13.8. The van der Waals surface area contributed by atoms with Gasteiger partial charge in [-0.15, -0.1) is 0 Å². The molecule has 2 aliphatic rings. The van der Waals surface area contributed by atoms with Gasteiger partial charge in [-0.3, -0.25) is 9.89 Å². The lowest BCUT2D eigenvalue weighted by Crippen LogP contribution is -2.60. The lowest BCUT2D eigenvalue weighted by Gasteiger charge is -2.48. The number of aliphatic imine (C=N–C) groups is 1. The third-order valence-corrected chi connectivity index (χ3v) is 6.15. The highest BCUT2D eigenvalue weighted by molar-refractivity contribution is 5.79. The number of nitrogens with zero attached hydrogens (tertiary/aromatic N) is 2. The fourth-order valence-corrected chi connectivity index (χ4v) is 4.55. The van der Waals surface area contributed by atoms with Crippen LogP contribution < -0.4 is 15.4 Å². The van der Waals surface area contributed by atoms with Gasteiger partial charge in [0.15, 0.2) is 5.96 Å². The Morgan fingerprint density at radius 1 is 1.14 bits per heavy atom. The van der Waals surface area contributed by atoms with Gasteiger partial charge in [0.25, 0.3) is 0 Å².